The second kappa shape index (κ2) is 11.1. The Hall–Kier alpha value is -2.38. The molecule has 0 spiro atoms. The summed E-state index contributed by atoms with van der Waals surface area (Å²) in [6.45, 7) is 8.38. The number of aryl methyl sites for hydroxylation is 1. The van der Waals surface area contributed by atoms with Gasteiger partial charge in [0, 0.05) is 37.3 Å². The molecule has 1 aliphatic carbocycles. The molecule has 6 nitrogen and oxygen atoms in total. The summed E-state index contributed by atoms with van der Waals surface area (Å²) in [4.78, 5) is 2.31. The zero-order valence-corrected chi connectivity index (χ0v) is 21.8. The van der Waals surface area contributed by atoms with Crippen LogP contribution in [0.15, 0.2) is 54.6 Å². The van der Waals surface area contributed by atoms with Gasteiger partial charge in [0.25, 0.3) is 0 Å². The number of aliphatic hydroxyl groups excluding tert-OH is 1. The molecule has 188 valence electrons. The Kier molecular flexibility index (Phi) is 8.17. The van der Waals surface area contributed by atoms with E-state index in [0.29, 0.717) is 42.3 Å². The number of hydrogen-bond donors (Lipinski definition) is 1. The lowest BCUT2D eigenvalue weighted by Crippen LogP contribution is -2.37. The average molecular weight is 498 g/mol. The molecule has 0 unspecified atom stereocenters. The van der Waals surface area contributed by atoms with E-state index in [1.54, 1.807) is 4.68 Å². The number of benzene rings is 2. The second-order valence-electron chi connectivity index (χ2n) is 10.4. The van der Waals surface area contributed by atoms with Gasteiger partial charge in [-0.2, -0.15) is 5.10 Å². The molecule has 1 aliphatic rings. The molecule has 0 radical (unpaired) electrons. The van der Waals surface area contributed by atoms with Crippen molar-refractivity contribution in [3.63, 3.8) is 0 Å². The van der Waals surface area contributed by atoms with Crippen molar-refractivity contribution in [2.45, 2.75) is 51.9 Å². The monoisotopic (exact) mass is 497 g/mol. The molecule has 1 fully saturated rings. The maximum Gasteiger partial charge on any atom is 0.222 e. The summed E-state index contributed by atoms with van der Waals surface area (Å²) in [5.41, 5.74) is 2.63. The summed E-state index contributed by atoms with van der Waals surface area (Å²) in [7, 11) is 1.90. The van der Waals surface area contributed by atoms with Gasteiger partial charge in [-0.05, 0) is 63.8 Å². The smallest absolute Gasteiger partial charge is 0.222 e. The van der Waals surface area contributed by atoms with Gasteiger partial charge in [0.2, 0.25) is 5.88 Å². The number of aromatic nitrogens is 2. The van der Waals surface area contributed by atoms with E-state index in [1.165, 1.54) is 12.8 Å². The summed E-state index contributed by atoms with van der Waals surface area (Å²) in [5, 5.41) is 16.3. The van der Waals surface area contributed by atoms with Crippen LogP contribution in [0.3, 0.4) is 0 Å². The van der Waals surface area contributed by atoms with E-state index < -0.39 is 6.10 Å². The number of ether oxygens (including phenoxy) is 2. The molecule has 7 heteroatoms. The number of rotatable bonds is 11. The number of halogens is 1. The second-order valence-corrected chi connectivity index (χ2v) is 10.8. The third-order valence-corrected chi connectivity index (χ3v) is 6.19. The van der Waals surface area contributed by atoms with Crippen molar-refractivity contribution in [2.24, 2.45) is 13.0 Å². The number of aliphatic hydroxyl groups is 1. The molecule has 0 amide bonds. The molecule has 1 N–H and O–H groups in total. The lowest BCUT2D eigenvalue weighted by molar-refractivity contribution is -0.0569. The van der Waals surface area contributed by atoms with E-state index in [9.17, 15) is 5.11 Å². The quantitative estimate of drug-likeness (QED) is 0.356. The summed E-state index contributed by atoms with van der Waals surface area (Å²) in [6, 6.07) is 17.5. The van der Waals surface area contributed by atoms with Gasteiger partial charge >= 0.3 is 0 Å². The zero-order chi connectivity index (χ0) is 25.0. The first kappa shape index (κ1) is 25.7. The predicted molar refractivity (Wildman–Crippen MR) is 140 cm³/mol. The van der Waals surface area contributed by atoms with Crippen molar-refractivity contribution >= 4 is 11.6 Å². The number of nitrogens with zero attached hydrogens (tertiary/aromatic N) is 3. The number of hydrogen-bond acceptors (Lipinski definition) is 5. The van der Waals surface area contributed by atoms with E-state index in [2.05, 4.69) is 17.0 Å². The fourth-order valence-corrected chi connectivity index (χ4v) is 4.18. The third-order valence-electron chi connectivity index (χ3n) is 5.94. The van der Waals surface area contributed by atoms with Crippen molar-refractivity contribution in [3.8, 4) is 22.9 Å². The Morgan fingerprint density at radius 3 is 2.43 bits per heavy atom. The molecule has 1 saturated carbocycles. The standard InChI is InChI=1S/C28H36ClN3O3/c1-28(2,3)34-19-23(33)17-32(16-20-10-11-20)18-25-26(21-8-6-5-7-9-21)30-31(4)27(25)35-24-14-12-22(29)13-15-24/h5-9,12-15,20,23,33H,10-11,16-19H2,1-4H3/t23-/m0/s1. The van der Waals surface area contributed by atoms with Gasteiger partial charge in [0.15, 0.2) is 0 Å². The van der Waals surface area contributed by atoms with Gasteiger partial charge in [-0.15, -0.1) is 0 Å². The Morgan fingerprint density at radius 1 is 1.11 bits per heavy atom. The molecule has 35 heavy (non-hydrogen) atoms. The summed E-state index contributed by atoms with van der Waals surface area (Å²) in [6.07, 6.45) is 1.89. The van der Waals surface area contributed by atoms with E-state index >= 15 is 0 Å². The fraction of sp³-hybridized carbons (Fsp3) is 0.464. The summed E-state index contributed by atoms with van der Waals surface area (Å²) < 4.78 is 14.0. The van der Waals surface area contributed by atoms with E-state index in [-0.39, 0.29) is 5.60 Å². The average Bonchev–Trinajstić information content (AvgIpc) is 3.58. The van der Waals surface area contributed by atoms with E-state index in [0.717, 1.165) is 23.4 Å². The van der Waals surface area contributed by atoms with Crippen LogP contribution in [0, 0.1) is 5.92 Å². The minimum Gasteiger partial charge on any atom is -0.439 e. The minimum atomic E-state index is -0.578. The van der Waals surface area contributed by atoms with Crippen molar-refractivity contribution in [1.29, 1.82) is 0 Å². The van der Waals surface area contributed by atoms with Gasteiger partial charge in [0.1, 0.15) is 11.4 Å². The van der Waals surface area contributed by atoms with Gasteiger partial charge in [-0.1, -0.05) is 41.9 Å². The van der Waals surface area contributed by atoms with Crippen LogP contribution < -0.4 is 4.74 Å². The maximum atomic E-state index is 10.8. The van der Waals surface area contributed by atoms with Crippen LogP contribution in [0.1, 0.15) is 39.2 Å². The van der Waals surface area contributed by atoms with Crippen LogP contribution >= 0.6 is 11.6 Å². The van der Waals surface area contributed by atoms with Gasteiger partial charge in [-0.25, -0.2) is 4.68 Å². The van der Waals surface area contributed by atoms with Crippen LogP contribution in [-0.2, 0) is 18.3 Å². The Balaban J connectivity index is 1.63. The third kappa shape index (κ3) is 7.55. The summed E-state index contributed by atoms with van der Waals surface area (Å²) >= 11 is 6.07. The van der Waals surface area contributed by atoms with Crippen LogP contribution in [0.2, 0.25) is 5.02 Å². The van der Waals surface area contributed by atoms with E-state index in [1.807, 2.05) is 70.3 Å². The van der Waals surface area contributed by atoms with Crippen molar-refractivity contribution in [3.05, 3.63) is 65.2 Å². The first-order valence-electron chi connectivity index (χ1n) is 12.3. The largest absolute Gasteiger partial charge is 0.439 e. The molecule has 4 rings (SSSR count). The topological polar surface area (TPSA) is 59.8 Å². The van der Waals surface area contributed by atoms with Gasteiger partial charge in [-0.3, -0.25) is 4.90 Å². The SMILES string of the molecule is Cn1nc(-c2ccccc2)c(CN(CC2CC2)C[C@H](O)COC(C)(C)C)c1Oc1ccc(Cl)cc1. The predicted octanol–water partition coefficient (Wildman–Crippen LogP) is 5.92. The highest BCUT2D eigenvalue weighted by Gasteiger charge is 2.29. The normalized spacial score (nSPS) is 14.9. The zero-order valence-electron chi connectivity index (χ0n) is 21.1. The molecule has 0 aliphatic heterocycles. The summed E-state index contributed by atoms with van der Waals surface area (Å²) in [5.74, 6) is 2.06. The highest BCUT2D eigenvalue weighted by atomic mass is 35.5. The molecule has 3 aromatic rings. The molecule has 1 atom stereocenters. The highest BCUT2D eigenvalue weighted by molar-refractivity contribution is 6.30. The van der Waals surface area contributed by atoms with Crippen molar-refractivity contribution in [1.82, 2.24) is 14.7 Å². The highest BCUT2D eigenvalue weighted by Crippen LogP contribution is 2.36. The van der Waals surface area contributed by atoms with Crippen LogP contribution in [0.25, 0.3) is 11.3 Å². The van der Waals surface area contributed by atoms with Crippen LogP contribution in [0.5, 0.6) is 11.6 Å². The Labute approximate surface area is 213 Å². The van der Waals surface area contributed by atoms with Gasteiger partial charge in [0.05, 0.1) is 23.9 Å². The maximum absolute atomic E-state index is 10.8. The lowest BCUT2D eigenvalue weighted by Gasteiger charge is -2.27. The van der Waals surface area contributed by atoms with Crippen LogP contribution in [0.4, 0.5) is 0 Å². The van der Waals surface area contributed by atoms with Crippen molar-refractivity contribution in [2.75, 3.05) is 19.7 Å². The molecular formula is C28H36ClN3O3. The van der Waals surface area contributed by atoms with E-state index in [4.69, 9.17) is 26.2 Å². The first-order valence-corrected chi connectivity index (χ1v) is 12.6. The fourth-order valence-electron chi connectivity index (χ4n) is 4.05. The van der Waals surface area contributed by atoms with Crippen LogP contribution in [-0.4, -0.2) is 51.2 Å². The first-order chi connectivity index (χ1) is 16.7. The molecule has 2 aromatic carbocycles. The Morgan fingerprint density at radius 2 is 1.80 bits per heavy atom. The molecule has 0 saturated heterocycles. The molecule has 1 heterocycles. The van der Waals surface area contributed by atoms with Gasteiger partial charge < -0.3 is 14.6 Å². The molecule has 0 bridgehead atoms. The van der Waals surface area contributed by atoms with Crippen molar-refractivity contribution < 1.29 is 14.6 Å². The lowest BCUT2D eigenvalue weighted by atomic mass is 10.1. The Bertz CT molecular complexity index is 1090. The molecule has 1 aromatic heterocycles. The minimum absolute atomic E-state index is 0.286. The molecular weight excluding hydrogens is 462 g/mol.